The van der Waals surface area contributed by atoms with Crippen molar-refractivity contribution < 1.29 is 29.3 Å². The van der Waals surface area contributed by atoms with Crippen molar-refractivity contribution in [2.75, 3.05) is 39.4 Å². The molecule has 0 spiro atoms. The summed E-state index contributed by atoms with van der Waals surface area (Å²) in [4.78, 5) is 26.1. The lowest BCUT2D eigenvalue weighted by atomic mass is 10.1. The molecule has 0 aliphatic heterocycles. The van der Waals surface area contributed by atoms with Crippen LogP contribution in [0.2, 0.25) is 0 Å². The number of esters is 2. The van der Waals surface area contributed by atoms with Crippen molar-refractivity contribution in [3.05, 3.63) is 59.7 Å². The van der Waals surface area contributed by atoms with Crippen LogP contribution < -0.4 is 5.32 Å². The Labute approximate surface area is 214 Å². The minimum atomic E-state index is -0.318. The van der Waals surface area contributed by atoms with Crippen molar-refractivity contribution in [2.45, 2.75) is 52.0 Å². The van der Waals surface area contributed by atoms with E-state index in [0.717, 1.165) is 49.7 Å². The van der Waals surface area contributed by atoms with Crippen molar-refractivity contribution in [2.24, 2.45) is 0 Å². The standard InChI is InChI=1S/C28H40N2O6/c1-2-3-18-36-28(34)22-30(21-24-13-7-9-15-26(24)32)17-16-29-20-27(33)35-19-10-4-5-11-23-12-6-8-14-25(23)31/h6-9,12-15,29,31-32H,2-5,10-11,16-22H2,1H3. The van der Waals surface area contributed by atoms with E-state index in [1.165, 1.54) is 0 Å². The number of aryl methyl sites for hydroxylation is 1. The van der Waals surface area contributed by atoms with Gasteiger partial charge in [-0.15, -0.1) is 0 Å². The first-order chi connectivity index (χ1) is 17.5. The number of ether oxygens (including phenoxy) is 2. The third-order valence-corrected chi connectivity index (χ3v) is 5.72. The van der Waals surface area contributed by atoms with E-state index in [0.29, 0.717) is 38.6 Å². The maximum atomic E-state index is 12.2. The van der Waals surface area contributed by atoms with E-state index in [1.807, 2.05) is 36.1 Å². The van der Waals surface area contributed by atoms with Gasteiger partial charge in [-0.3, -0.25) is 14.5 Å². The van der Waals surface area contributed by atoms with Gasteiger partial charge >= 0.3 is 11.9 Å². The van der Waals surface area contributed by atoms with Crippen LogP contribution in [-0.2, 0) is 32.0 Å². The fourth-order valence-corrected chi connectivity index (χ4v) is 3.64. The van der Waals surface area contributed by atoms with Crippen LogP contribution in [0.15, 0.2) is 48.5 Å². The Kier molecular flexibility index (Phi) is 14.0. The molecule has 0 aromatic heterocycles. The Hall–Kier alpha value is -3.10. The average molecular weight is 501 g/mol. The Balaban J connectivity index is 1.64. The van der Waals surface area contributed by atoms with Gasteiger partial charge in [-0.2, -0.15) is 0 Å². The van der Waals surface area contributed by atoms with E-state index in [-0.39, 0.29) is 30.8 Å². The number of hydrogen-bond acceptors (Lipinski definition) is 8. The molecule has 0 unspecified atom stereocenters. The quantitative estimate of drug-likeness (QED) is 0.210. The van der Waals surface area contributed by atoms with E-state index < -0.39 is 0 Å². The zero-order chi connectivity index (χ0) is 26.0. The highest BCUT2D eigenvalue weighted by atomic mass is 16.5. The molecule has 2 aromatic carbocycles. The molecular weight excluding hydrogens is 460 g/mol. The highest BCUT2D eigenvalue weighted by molar-refractivity contribution is 5.72. The van der Waals surface area contributed by atoms with Crippen LogP contribution in [0.25, 0.3) is 0 Å². The van der Waals surface area contributed by atoms with Gasteiger partial charge in [-0.25, -0.2) is 0 Å². The number of hydrogen-bond donors (Lipinski definition) is 3. The second kappa shape index (κ2) is 17.3. The maximum absolute atomic E-state index is 12.2. The number of phenolic OH excluding ortho intramolecular Hbond substituents is 2. The SMILES string of the molecule is CCCCOC(=O)CN(CCNCC(=O)OCCCCCc1ccccc1O)Cc1ccccc1O. The van der Waals surface area contributed by atoms with Crippen molar-refractivity contribution in [1.82, 2.24) is 10.2 Å². The van der Waals surface area contributed by atoms with Crippen LogP contribution in [0.1, 0.15) is 50.2 Å². The summed E-state index contributed by atoms with van der Waals surface area (Å²) in [5, 5.41) is 22.9. The van der Waals surface area contributed by atoms with Crippen molar-refractivity contribution >= 4 is 11.9 Å². The zero-order valence-corrected chi connectivity index (χ0v) is 21.3. The molecule has 0 bridgehead atoms. The van der Waals surface area contributed by atoms with Crippen LogP contribution >= 0.6 is 0 Å². The summed E-state index contributed by atoms with van der Waals surface area (Å²) >= 11 is 0. The van der Waals surface area contributed by atoms with Gasteiger partial charge < -0.3 is 25.0 Å². The second-order valence-electron chi connectivity index (χ2n) is 8.75. The lowest BCUT2D eigenvalue weighted by Gasteiger charge is -2.22. The Morgan fingerprint density at radius 1 is 0.833 bits per heavy atom. The van der Waals surface area contributed by atoms with Gasteiger partial charge in [-0.1, -0.05) is 49.7 Å². The molecule has 0 radical (unpaired) electrons. The monoisotopic (exact) mass is 500 g/mol. The molecule has 0 aliphatic rings. The molecule has 2 rings (SSSR count). The summed E-state index contributed by atoms with van der Waals surface area (Å²) in [7, 11) is 0. The highest BCUT2D eigenvalue weighted by Crippen LogP contribution is 2.19. The van der Waals surface area contributed by atoms with Crippen molar-refractivity contribution in [3.63, 3.8) is 0 Å². The molecule has 8 heteroatoms. The normalized spacial score (nSPS) is 10.9. The zero-order valence-electron chi connectivity index (χ0n) is 21.3. The van der Waals surface area contributed by atoms with Gasteiger partial charge in [0.2, 0.25) is 0 Å². The first-order valence-corrected chi connectivity index (χ1v) is 12.8. The average Bonchev–Trinajstić information content (AvgIpc) is 2.86. The minimum Gasteiger partial charge on any atom is -0.508 e. The summed E-state index contributed by atoms with van der Waals surface area (Å²) < 4.78 is 10.6. The number of carbonyl (C=O) groups excluding carboxylic acids is 2. The van der Waals surface area contributed by atoms with Crippen LogP contribution in [0, 0.1) is 0 Å². The van der Waals surface area contributed by atoms with Crippen LogP contribution in [0.5, 0.6) is 11.5 Å². The number of phenols is 2. The molecule has 0 fully saturated rings. The molecule has 36 heavy (non-hydrogen) atoms. The fraction of sp³-hybridized carbons (Fsp3) is 0.500. The highest BCUT2D eigenvalue weighted by Gasteiger charge is 2.14. The topological polar surface area (TPSA) is 108 Å². The largest absolute Gasteiger partial charge is 0.508 e. The predicted octanol–water partition coefficient (Wildman–Crippen LogP) is 3.79. The first kappa shape index (κ1) is 29.1. The molecule has 2 aromatic rings. The Morgan fingerprint density at radius 3 is 2.17 bits per heavy atom. The lowest BCUT2D eigenvalue weighted by molar-refractivity contribution is -0.145. The van der Waals surface area contributed by atoms with Crippen molar-refractivity contribution in [3.8, 4) is 11.5 Å². The third-order valence-electron chi connectivity index (χ3n) is 5.72. The van der Waals surface area contributed by atoms with Crippen LogP contribution in [-0.4, -0.2) is 66.4 Å². The predicted molar refractivity (Wildman–Crippen MR) is 139 cm³/mol. The van der Waals surface area contributed by atoms with Gasteiger partial charge in [0.25, 0.3) is 0 Å². The number of nitrogens with zero attached hydrogens (tertiary/aromatic N) is 1. The molecule has 0 saturated heterocycles. The number of nitrogens with one attached hydrogen (secondary N) is 1. The van der Waals surface area contributed by atoms with Gasteiger partial charge in [0, 0.05) is 25.2 Å². The number of benzene rings is 2. The fourth-order valence-electron chi connectivity index (χ4n) is 3.64. The summed E-state index contributed by atoms with van der Waals surface area (Å²) in [6, 6.07) is 14.4. The number of para-hydroxylation sites is 2. The molecule has 3 N–H and O–H groups in total. The molecular formula is C28H40N2O6. The Bertz CT molecular complexity index is 920. The molecule has 0 atom stereocenters. The summed E-state index contributed by atoms with van der Waals surface area (Å²) in [5.41, 5.74) is 1.66. The van der Waals surface area contributed by atoms with E-state index in [4.69, 9.17) is 9.47 Å². The first-order valence-electron chi connectivity index (χ1n) is 12.8. The van der Waals surface area contributed by atoms with E-state index in [9.17, 15) is 19.8 Å². The molecule has 8 nitrogen and oxygen atoms in total. The van der Waals surface area contributed by atoms with Crippen LogP contribution in [0.4, 0.5) is 0 Å². The lowest BCUT2D eigenvalue weighted by Crippen LogP contribution is -2.37. The van der Waals surface area contributed by atoms with Gasteiger partial charge in [0.1, 0.15) is 11.5 Å². The summed E-state index contributed by atoms with van der Waals surface area (Å²) in [6.45, 7) is 4.36. The molecule has 198 valence electrons. The van der Waals surface area contributed by atoms with Gasteiger partial charge in [0.15, 0.2) is 0 Å². The number of aromatic hydroxyl groups is 2. The summed E-state index contributed by atoms with van der Waals surface area (Å²) in [6.07, 6.45) is 5.17. The number of carbonyl (C=O) groups is 2. The number of unbranched alkanes of at least 4 members (excludes halogenated alkanes) is 3. The van der Waals surface area contributed by atoms with E-state index in [2.05, 4.69) is 5.32 Å². The second-order valence-corrected chi connectivity index (χ2v) is 8.75. The molecule has 0 amide bonds. The van der Waals surface area contributed by atoms with Gasteiger partial charge in [-0.05, 0) is 49.8 Å². The smallest absolute Gasteiger partial charge is 0.320 e. The van der Waals surface area contributed by atoms with Crippen molar-refractivity contribution in [1.29, 1.82) is 0 Å². The van der Waals surface area contributed by atoms with E-state index >= 15 is 0 Å². The van der Waals surface area contributed by atoms with Gasteiger partial charge in [0.05, 0.1) is 26.3 Å². The third kappa shape index (κ3) is 12.0. The van der Waals surface area contributed by atoms with E-state index in [1.54, 1.807) is 24.3 Å². The minimum absolute atomic E-state index is 0.0866. The summed E-state index contributed by atoms with van der Waals surface area (Å²) in [5.74, 6) is -0.121. The molecule has 0 saturated carbocycles. The molecule has 0 heterocycles. The molecule has 0 aliphatic carbocycles. The number of rotatable bonds is 18. The van der Waals surface area contributed by atoms with Crippen LogP contribution in [0.3, 0.4) is 0 Å². The maximum Gasteiger partial charge on any atom is 0.320 e. The Morgan fingerprint density at radius 2 is 1.47 bits per heavy atom.